The average molecular weight is 231 g/mol. The molecule has 0 unspecified atom stereocenters. The highest BCUT2D eigenvalue weighted by molar-refractivity contribution is 5.44. The molecule has 0 radical (unpaired) electrons. The Kier molecular flexibility index (Phi) is 3.40. The topological polar surface area (TPSA) is 79.8 Å². The number of hydrogen-bond acceptors (Lipinski definition) is 4. The summed E-state index contributed by atoms with van der Waals surface area (Å²) in [5.41, 5.74) is -2.47. The highest BCUT2D eigenvalue weighted by Gasteiger charge is 2.25. The Morgan fingerprint density at radius 2 is 2.25 bits per heavy atom. The molecule has 0 aliphatic rings. The Balaban J connectivity index is 3.48. The Bertz CT molecular complexity index is 470. The number of nitrogens with zero attached hydrogens (tertiary/aromatic N) is 3. The van der Waals surface area contributed by atoms with E-state index >= 15 is 0 Å². The first-order chi connectivity index (χ1) is 7.47. The third-order valence-electron chi connectivity index (χ3n) is 1.76. The molecule has 1 aromatic rings. The van der Waals surface area contributed by atoms with Crippen LogP contribution in [0.3, 0.4) is 0 Å². The van der Waals surface area contributed by atoms with Crippen molar-refractivity contribution >= 4 is 5.69 Å². The molecular weight excluding hydrogens is 227 g/mol. The first kappa shape index (κ1) is 11.9. The van der Waals surface area contributed by atoms with Gasteiger partial charge in [-0.05, 0) is 0 Å². The first-order valence-corrected chi connectivity index (χ1v) is 3.96. The zero-order chi connectivity index (χ0) is 12.3. The van der Waals surface area contributed by atoms with Crippen LogP contribution in [0.15, 0.2) is 6.07 Å². The minimum Gasteiger partial charge on any atom is -0.258 e. The van der Waals surface area contributed by atoms with Gasteiger partial charge in [0.1, 0.15) is 5.69 Å². The third-order valence-corrected chi connectivity index (χ3v) is 1.76. The van der Waals surface area contributed by atoms with Crippen LogP contribution in [0.5, 0.6) is 0 Å². The molecule has 0 spiro atoms. The van der Waals surface area contributed by atoms with Gasteiger partial charge in [-0.2, -0.15) is 9.65 Å². The number of hydrogen-bond donors (Lipinski definition) is 0. The molecule has 16 heavy (non-hydrogen) atoms. The molecule has 0 bridgehead atoms. The molecular formula is C8H4F3N3O2. The van der Waals surface area contributed by atoms with E-state index in [1.54, 1.807) is 0 Å². The van der Waals surface area contributed by atoms with Gasteiger partial charge >= 0.3 is 0 Å². The third kappa shape index (κ3) is 2.25. The molecule has 0 saturated carbocycles. The van der Waals surface area contributed by atoms with Crippen LogP contribution in [0.25, 0.3) is 0 Å². The number of rotatable bonds is 3. The van der Waals surface area contributed by atoms with E-state index in [9.17, 15) is 23.3 Å². The zero-order valence-corrected chi connectivity index (χ0v) is 7.65. The lowest BCUT2D eigenvalue weighted by atomic mass is 10.1. The molecule has 0 aliphatic heterocycles. The number of halogens is 3. The molecule has 0 amide bonds. The van der Waals surface area contributed by atoms with Gasteiger partial charge in [-0.3, -0.25) is 10.1 Å². The fraction of sp³-hybridized carbons (Fsp3) is 0.250. The average Bonchev–Trinajstić information content (AvgIpc) is 2.19. The van der Waals surface area contributed by atoms with Crippen molar-refractivity contribution in [2.24, 2.45) is 0 Å². The van der Waals surface area contributed by atoms with Crippen LogP contribution in [0.1, 0.15) is 17.7 Å². The van der Waals surface area contributed by atoms with Crippen molar-refractivity contribution in [1.29, 1.82) is 5.26 Å². The molecule has 1 heterocycles. The van der Waals surface area contributed by atoms with Crippen LogP contribution in [0.4, 0.5) is 18.9 Å². The number of nitro groups is 1. The molecule has 84 valence electrons. The summed E-state index contributed by atoms with van der Waals surface area (Å²) in [5.74, 6) is -1.37. The lowest BCUT2D eigenvalue weighted by Crippen LogP contribution is -2.05. The van der Waals surface area contributed by atoms with Gasteiger partial charge < -0.3 is 0 Å². The van der Waals surface area contributed by atoms with E-state index in [0.29, 0.717) is 6.07 Å². The van der Waals surface area contributed by atoms with Gasteiger partial charge in [-0.15, -0.1) is 0 Å². The Labute approximate surface area is 87.3 Å². The second-order valence-corrected chi connectivity index (χ2v) is 2.72. The van der Waals surface area contributed by atoms with E-state index < -0.39 is 40.7 Å². The van der Waals surface area contributed by atoms with Crippen molar-refractivity contribution in [2.45, 2.75) is 12.8 Å². The maximum atomic E-state index is 12.7. The summed E-state index contributed by atoms with van der Waals surface area (Å²) in [4.78, 5) is 12.3. The fourth-order valence-corrected chi connectivity index (χ4v) is 1.15. The molecule has 1 aromatic heterocycles. The maximum Gasteiger partial charge on any atom is 0.281 e. The highest BCUT2D eigenvalue weighted by Crippen LogP contribution is 2.29. The van der Waals surface area contributed by atoms with E-state index in [-0.39, 0.29) is 0 Å². The molecule has 0 atom stereocenters. The van der Waals surface area contributed by atoms with E-state index in [0.717, 1.165) is 0 Å². The number of pyridine rings is 1. The smallest absolute Gasteiger partial charge is 0.258 e. The predicted molar refractivity (Wildman–Crippen MR) is 45.1 cm³/mol. The minimum absolute atomic E-state index is 0.415. The first-order valence-electron chi connectivity index (χ1n) is 3.96. The van der Waals surface area contributed by atoms with Gasteiger partial charge in [-0.25, -0.2) is 13.8 Å². The molecule has 0 saturated heterocycles. The molecule has 1 rings (SSSR count). The van der Waals surface area contributed by atoms with Gasteiger partial charge in [0.25, 0.3) is 12.1 Å². The standard InChI is InChI=1S/C8H4F3N3O2/c9-6-3-5(14(15)16)4(1-2-12)7(13-6)8(10)11/h3,8H,1H2. The molecule has 5 nitrogen and oxygen atoms in total. The van der Waals surface area contributed by atoms with Gasteiger partial charge in [0.05, 0.1) is 29.0 Å². The fourth-order valence-electron chi connectivity index (χ4n) is 1.15. The molecule has 0 N–H and O–H groups in total. The Hall–Kier alpha value is -2.17. The molecule has 8 heteroatoms. The van der Waals surface area contributed by atoms with E-state index in [1.807, 2.05) is 0 Å². The minimum atomic E-state index is -3.17. The summed E-state index contributed by atoms with van der Waals surface area (Å²) in [5, 5.41) is 18.8. The quantitative estimate of drug-likeness (QED) is 0.453. The summed E-state index contributed by atoms with van der Waals surface area (Å²) in [7, 11) is 0. The summed E-state index contributed by atoms with van der Waals surface area (Å²) in [6.07, 6.45) is -3.79. The van der Waals surface area contributed by atoms with Crippen LogP contribution in [-0.4, -0.2) is 9.91 Å². The van der Waals surface area contributed by atoms with E-state index in [2.05, 4.69) is 4.98 Å². The van der Waals surface area contributed by atoms with Crippen LogP contribution in [0, 0.1) is 27.4 Å². The van der Waals surface area contributed by atoms with E-state index in [4.69, 9.17) is 5.26 Å². The summed E-state index contributed by atoms with van der Waals surface area (Å²) >= 11 is 0. The SMILES string of the molecule is N#CCc1c([N+](=O)[O-])cc(F)nc1C(F)F. The Morgan fingerprint density at radius 3 is 2.69 bits per heavy atom. The van der Waals surface area contributed by atoms with Crippen molar-refractivity contribution in [3.63, 3.8) is 0 Å². The summed E-state index contributed by atoms with van der Waals surface area (Å²) in [6.45, 7) is 0. The van der Waals surface area contributed by atoms with Crippen molar-refractivity contribution in [1.82, 2.24) is 4.98 Å². The predicted octanol–water partition coefficient (Wildman–Crippen LogP) is 2.13. The van der Waals surface area contributed by atoms with Gasteiger partial charge in [0, 0.05) is 0 Å². The van der Waals surface area contributed by atoms with Gasteiger partial charge in [0.15, 0.2) is 0 Å². The lowest BCUT2D eigenvalue weighted by molar-refractivity contribution is -0.385. The summed E-state index contributed by atoms with van der Waals surface area (Å²) < 4.78 is 37.6. The Morgan fingerprint density at radius 1 is 1.62 bits per heavy atom. The zero-order valence-electron chi connectivity index (χ0n) is 7.65. The van der Waals surface area contributed by atoms with Crippen LogP contribution >= 0.6 is 0 Å². The highest BCUT2D eigenvalue weighted by atomic mass is 19.3. The largest absolute Gasteiger partial charge is 0.281 e. The van der Waals surface area contributed by atoms with Crippen molar-refractivity contribution in [3.05, 3.63) is 33.4 Å². The maximum absolute atomic E-state index is 12.7. The van der Waals surface area contributed by atoms with Crippen molar-refractivity contribution in [3.8, 4) is 6.07 Å². The molecule has 0 fully saturated rings. The lowest BCUT2D eigenvalue weighted by Gasteiger charge is -2.05. The number of alkyl halides is 2. The van der Waals surface area contributed by atoms with Crippen LogP contribution in [-0.2, 0) is 6.42 Å². The second-order valence-electron chi connectivity index (χ2n) is 2.72. The molecule has 0 aliphatic carbocycles. The van der Waals surface area contributed by atoms with Gasteiger partial charge in [0.2, 0.25) is 5.95 Å². The van der Waals surface area contributed by atoms with Crippen LogP contribution in [0.2, 0.25) is 0 Å². The number of aromatic nitrogens is 1. The van der Waals surface area contributed by atoms with Gasteiger partial charge in [-0.1, -0.05) is 0 Å². The normalized spacial score (nSPS) is 10.2. The monoisotopic (exact) mass is 231 g/mol. The van der Waals surface area contributed by atoms with Crippen molar-refractivity contribution < 1.29 is 18.1 Å². The summed E-state index contributed by atoms with van der Waals surface area (Å²) in [6, 6.07) is 1.91. The van der Waals surface area contributed by atoms with E-state index in [1.165, 1.54) is 6.07 Å². The van der Waals surface area contributed by atoms with Crippen molar-refractivity contribution in [2.75, 3.05) is 0 Å². The molecule has 0 aromatic carbocycles. The van der Waals surface area contributed by atoms with Crippen LogP contribution < -0.4 is 0 Å². The number of nitriles is 1. The second kappa shape index (κ2) is 4.57.